The van der Waals surface area contributed by atoms with E-state index in [1.165, 1.54) is 49.7 Å². The standard InChI is InChI=1S/2C27H28Cl2NO.C8H18.2BrH/c2*28-24-12-11-21(19-25(24)29)20-30-16-13-26(14-17-30,15-18-30)27(31,22-7-3-1-4-8-22)23-9-5-2-6-10-23;1-3-5-7-8-6-4-2;;/h2*1-12,19,31H,13-18,20H2;3-8H2,1-2H3;2*1H/q2*+1;;;/p-2. The van der Waals surface area contributed by atoms with E-state index in [1.807, 2.05) is 97.1 Å². The quantitative estimate of drug-likeness (QED) is 0.0795. The highest BCUT2D eigenvalue weighted by Crippen LogP contribution is 2.59. The molecule has 10 heteroatoms. The van der Waals surface area contributed by atoms with E-state index in [-0.39, 0.29) is 44.8 Å². The summed E-state index contributed by atoms with van der Waals surface area (Å²) in [6, 6.07) is 53.1. The van der Waals surface area contributed by atoms with Crippen LogP contribution in [0.25, 0.3) is 0 Å². The van der Waals surface area contributed by atoms with E-state index in [2.05, 4.69) is 74.5 Å². The molecule has 0 aromatic heterocycles. The van der Waals surface area contributed by atoms with Crippen molar-refractivity contribution < 1.29 is 53.1 Å². The minimum atomic E-state index is -0.977. The van der Waals surface area contributed by atoms with Crippen molar-refractivity contribution in [1.82, 2.24) is 0 Å². The zero-order valence-corrected chi connectivity index (χ0v) is 48.4. The second-order valence-corrected chi connectivity index (χ2v) is 22.8. The van der Waals surface area contributed by atoms with Gasteiger partial charge in [-0.15, -0.1) is 0 Å². The van der Waals surface area contributed by atoms with E-state index in [9.17, 15) is 10.2 Å². The first-order valence-corrected chi connectivity index (χ1v) is 27.6. The van der Waals surface area contributed by atoms with Gasteiger partial charge in [-0.05, 0) is 46.5 Å². The molecule has 6 aromatic carbocycles. The van der Waals surface area contributed by atoms with Gasteiger partial charge in [-0.25, -0.2) is 0 Å². The molecule has 12 rings (SSSR count). The van der Waals surface area contributed by atoms with E-state index in [0.29, 0.717) is 20.1 Å². The van der Waals surface area contributed by atoms with Gasteiger partial charge >= 0.3 is 0 Å². The number of fused-ring (bicyclic) bond motifs is 6. The molecule has 0 unspecified atom stereocenters. The summed E-state index contributed by atoms with van der Waals surface area (Å²) in [5.74, 6) is 0. The molecule has 6 aliphatic rings. The summed E-state index contributed by atoms with van der Waals surface area (Å²) < 4.78 is 2.14. The third-order valence-corrected chi connectivity index (χ3v) is 18.6. The highest BCUT2D eigenvalue weighted by atomic mass is 79.9. The highest BCUT2D eigenvalue weighted by Gasteiger charge is 2.61. The topological polar surface area (TPSA) is 40.5 Å². The molecule has 4 nitrogen and oxygen atoms in total. The first-order valence-electron chi connectivity index (χ1n) is 26.1. The minimum absolute atomic E-state index is 0. The Hall–Kier alpha value is -2.72. The van der Waals surface area contributed by atoms with Crippen molar-refractivity contribution in [3.8, 4) is 0 Å². The molecule has 4 bridgehead atoms. The number of nitrogens with zero attached hydrogens (tertiary/aromatic N) is 2. The van der Waals surface area contributed by atoms with Gasteiger partial charge in [-0.2, -0.15) is 0 Å². The van der Waals surface area contributed by atoms with Gasteiger partial charge in [0.1, 0.15) is 24.3 Å². The van der Waals surface area contributed by atoms with Crippen LogP contribution in [0, 0.1) is 10.8 Å². The van der Waals surface area contributed by atoms with Crippen LogP contribution >= 0.6 is 46.4 Å². The predicted molar refractivity (Wildman–Crippen MR) is 293 cm³/mol. The molecule has 0 saturated carbocycles. The monoisotopic (exact) mass is 1180 g/mol. The maximum atomic E-state index is 12.5. The van der Waals surface area contributed by atoms with E-state index >= 15 is 0 Å². The maximum Gasteiger partial charge on any atom is 0.121 e. The Labute approximate surface area is 472 Å². The molecule has 6 heterocycles. The molecular formula is C62H74Br2Cl4N2O2. The van der Waals surface area contributed by atoms with Crippen LogP contribution in [-0.4, -0.2) is 58.4 Å². The molecule has 72 heavy (non-hydrogen) atoms. The van der Waals surface area contributed by atoms with Gasteiger partial charge in [0.05, 0.1) is 59.4 Å². The van der Waals surface area contributed by atoms with Crippen molar-refractivity contribution in [3.63, 3.8) is 0 Å². The van der Waals surface area contributed by atoms with E-state index in [4.69, 9.17) is 46.4 Å². The maximum absolute atomic E-state index is 12.5. The summed E-state index contributed by atoms with van der Waals surface area (Å²) in [7, 11) is 0. The van der Waals surface area contributed by atoms with Crippen molar-refractivity contribution >= 4 is 46.4 Å². The van der Waals surface area contributed by atoms with Gasteiger partial charge in [-0.3, -0.25) is 0 Å². The van der Waals surface area contributed by atoms with Crippen LogP contribution in [0.5, 0.6) is 0 Å². The lowest BCUT2D eigenvalue weighted by atomic mass is 9.56. The third-order valence-electron chi connectivity index (χ3n) is 17.2. The van der Waals surface area contributed by atoms with Crippen LogP contribution in [0.1, 0.15) is 124 Å². The van der Waals surface area contributed by atoms with Crippen LogP contribution in [-0.2, 0) is 24.3 Å². The van der Waals surface area contributed by atoms with E-state index in [0.717, 1.165) is 122 Å². The van der Waals surface area contributed by atoms with Gasteiger partial charge < -0.3 is 53.1 Å². The minimum Gasteiger partial charge on any atom is -1.00 e. The largest absolute Gasteiger partial charge is 1.00 e. The number of quaternary nitrogens is 2. The summed E-state index contributed by atoms with van der Waals surface area (Å²) in [6.45, 7) is 12.9. The van der Waals surface area contributed by atoms with Crippen molar-refractivity contribution in [2.24, 2.45) is 10.8 Å². The molecule has 6 aromatic rings. The normalized spacial score (nSPS) is 23.1. The fourth-order valence-corrected chi connectivity index (χ4v) is 13.5. The fourth-order valence-electron chi connectivity index (χ4n) is 12.9. The molecule has 0 aliphatic carbocycles. The number of piperidine rings is 6. The molecule has 6 aliphatic heterocycles. The lowest BCUT2D eigenvalue weighted by molar-refractivity contribution is -0.958. The van der Waals surface area contributed by atoms with E-state index < -0.39 is 11.2 Å². The van der Waals surface area contributed by atoms with Crippen LogP contribution in [0.15, 0.2) is 158 Å². The lowest BCUT2D eigenvalue weighted by Crippen LogP contribution is -3.00. The fraction of sp³-hybridized carbons (Fsp3) is 0.419. The predicted octanol–water partition coefficient (Wildman–Crippen LogP) is 10.2. The Morgan fingerprint density at radius 3 is 0.889 bits per heavy atom. The summed E-state index contributed by atoms with van der Waals surface area (Å²) in [4.78, 5) is 0. The number of unbranched alkanes of at least 4 members (excludes halogenated alkanes) is 5. The number of aliphatic hydroxyl groups is 2. The average Bonchev–Trinajstić information content (AvgIpc) is 3.41. The van der Waals surface area contributed by atoms with Crippen LogP contribution in [0.3, 0.4) is 0 Å². The molecule has 386 valence electrons. The zero-order chi connectivity index (χ0) is 49.3. The Morgan fingerprint density at radius 2 is 0.653 bits per heavy atom. The average molecular weight is 1180 g/mol. The van der Waals surface area contributed by atoms with Crippen LogP contribution in [0.2, 0.25) is 20.1 Å². The Bertz CT molecular complexity index is 2300. The zero-order valence-electron chi connectivity index (χ0n) is 42.2. The van der Waals surface area contributed by atoms with Gasteiger partial charge in [0.2, 0.25) is 0 Å². The number of rotatable bonds is 15. The molecule has 0 spiro atoms. The lowest BCUT2D eigenvalue weighted by Gasteiger charge is -2.60. The molecule has 0 amide bonds. The number of benzene rings is 6. The second-order valence-electron chi connectivity index (χ2n) is 21.2. The molecule has 0 radical (unpaired) electrons. The van der Waals surface area contributed by atoms with Gasteiger partial charge in [-0.1, -0.05) is 232 Å². The number of hydrogen-bond acceptors (Lipinski definition) is 2. The van der Waals surface area contributed by atoms with Gasteiger partial charge in [0.15, 0.2) is 0 Å². The number of hydrogen-bond donors (Lipinski definition) is 2. The van der Waals surface area contributed by atoms with Gasteiger partial charge in [0.25, 0.3) is 0 Å². The van der Waals surface area contributed by atoms with Crippen molar-refractivity contribution in [1.29, 1.82) is 0 Å². The SMILES string of the molecule is CCCCCCCC.OC(c1ccccc1)(c1ccccc1)C12CC[N+](Cc3ccc(Cl)c(Cl)c3)(CC1)CC2.OC(c1ccccc1)(c1ccccc1)C12CC[N+](Cc3ccc(Cl)c(Cl)c3)(CC1)CC2.[Br-].[Br-]. The smallest absolute Gasteiger partial charge is 0.121 e. The molecule has 0 atom stereocenters. The van der Waals surface area contributed by atoms with E-state index in [1.54, 1.807) is 0 Å². The van der Waals surface area contributed by atoms with Crippen LogP contribution in [0.4, 0.5) is 0 Å². The van der Waals surface area contributed by atoms with Crippen molar-refractivity contribution in [2.45, 2.75) is 115 Å². The molecule has 6 saturated heterocycles. The van der Waals surface area contributed by atoms with Crippen molar-refractivity contribution in [3.05, 3.63) is 211 Å². The van der Waals surface area contributed by atoms with Gasteiger partial charge in [0, 0.05) is 60.5 Å². The Balaban J connectivity index is 0.000000200. The molecule has 6 fully saturated rings. The molecular weight excluding hydrogens is 1110 g/mol. The Morgan fingerprint density at radius 1 is 0.389 bits per heavy atom. The third kappa shape index (κ3) is 12.4. The summed E-state index contributed by atoms with van der Waals surface area (Å²) >= 11 is 24.8. The molecule has 2 N–H and O–H groups in total. The highest BCUT2D eigenvalue weighted by molar-refractivity contribution is 6.42. The Kier molecular flexibility index (Phi) is 21.0. The first-order chi connectivity index (χ1) is 33.8. The van der Waals surface area contributed by atoms with Crippen molar-refractivity contribution in [2.75, 3.05) is 39.3 Å². The second kappa shape index (κ2) is 25.9. The first kappa shape index (κ1) is 58.5. The summed E-state index contributed by atoms with van der Waals surface area (Å²) in [6.07, 6.45) is 14.5. The summed E-state index contributed by atoms with van der Waals surface area (Å²) in [5, 5.41) is 27.4. The summed E-state index contributed by atoms with van der Waals surface area (Å²) in [5.41, 5.74) is 4.27. The number of halogens is 6. The van der Waals surface area contributed by atoms with Crippen LogP contribution < -0.4 is 34.0 Å².